The van der Waals surface area contributed by atoms with Gasteiger partial charge in [0.2, 0.25) is 15.9 Å². The Morgan fingerprint density at radius 1 is 1.25 bits per heavy atom. The normalized spacial score (nSPS) is 18.7. The second kappa shape index (κ2) is 9.37. The van der Waals surface area contributed by atoms with Crippen molar-refractivity contribution in [3.63, 3.8) is 0 Å². The molecule has 156 valence electrons. The van der Waals surface area contributed by atoms with Gasteiger partial charge in [0.05, 0.1) is 4.90 Å². The van der Waals surface area contributed by atoms with E-state index < -0.39 is 16.1 Å². The number of sulfonamides is 1. The van der Waals surface area contributed by atoms with Crippen LogP contribution in [-0.4, -0.2) is 63.6 Å². The van der Waals surface area contributed by atoms with E-state index in [1.54, 1.807) is 22.7 Å². The largest absolute Gasteiger partial charge is 0.486 e. The Morgan fingerprint density at radius 3 is 2.61 bits per heavy atom. The maximum Gasteiger partial charge on any atom is 0.241 e. The van der Waals surface area contributed by atoms with Crippen LogP contribution in [0.25, 0.3) is 0 Å². The fourth-order valence-electron chi connectivity index (χ4n) is 3.36. The van der Waals surface area contributed by atoms with Crippen LogP contribution in [0, 0.1) is 5.92 Å². The van der Waals surface area contributed by atoms with Gasteiger partial charge in [-0.25, -0.2) is 8.42 Å². The van der Waals surface area contributed by atoms with Crippen molar-refractivity contribution in [3.8, 4) is 11.5 Å². The summed E-state index contributed by atoms with van der Waals surface area (Å²) in [4.78, 5) is 14.9. The third-order valence-corrected chi connectivity index (χ3v) is 7.24. The average molecular weight is 429 g/mol. The highest BCUT2D eigenvalue weighted by atomic mass is 32.2. The van der Waals surface area contributed by atoms with Crippen LogP contribution in [0.3, 0.4) is 0 Å². The van der Waals surface area contributed by atoms with Crippen LogP contribution in [0.2, 0.25) is 0 Å². The average Bonchev–Trinajstić information content (AvgIpc) is 2.70. The number of carbonyl (C=O) groups is 1. The molecular formula is C19H28N2O5S2. The Bertz CT molecular complexity index is 792. The summed E-state index contributed by atoms with van der Waals surface area (Å²) in [7, 11) is -3.86. The SMILES string of the molecule is CSCCC(NS(=O)(=O)c1ccc2c(c1)OCCO2)C(=O)N1CCC(C)CC1. The van der Waals surface area contributed by atoms with Crippen molar-refractivity contribution in [3.05, 3.63) is 18.2 Å². The minimum Gasteiger partial charge on any atom is -0.486 e. The number of nitrogens with zero attached hydrogens (tertiary/aromatic N) is 1. The molecule has 2 aliphatic rings. The molecule has 28 heavy (non-hydrogen) atoms. The molecule has 2 heterocycles. The minimum atomic E-state index is -3.86. The van der Waals surface area contributed by atoms with E-state index in [2.05, 4.69) is 11.6 Å². The highest BCUT2D eigenvalue weighted by Gasteiger charge is 2.31. The highest BCUT2D eigenvalue weighted by Crippen LogP contribution is 2.32. The molecule has 0 radical (unpaired) electrons. The zero-order valence-electron chi connectivity index (χ0n) is 16.3. The number of amides is 1. The van der Waals surface area contributed by atoms with Crippen molar-refractivity contribution in [2.45, 2.75) is 37.1 Å². The molecule has 1 saturated heterocycles. The lowest BCUT2D eigenvalue weighted by atomic mass is 9.98. The Hall–Kier alpha value is -1.45. The van der Waals surface area contributed by atoms with Crippen molar-refractivity contribution < 1.29 is 22.7 Å². The van der Waals surface area contributed by atoms with E-state index in [0.717, 1.165) is 12.8 Å². The molecule has 1 fully saturated rings. The molecular weight excluding hydrogens is 400 g/mol. The lowest BCUT2D eigenvalue weighted by Crippen LogP contribution is -2.50. The third kappa shape index (κ3) is 5.12. The lowest BCUT2D eigenvalue weighted by molar-refractivity contribution is -0.134. The summed E-state index contributed by atoms with van der Waals surface area (Å²) in [5.41, 5.74) is 0. The maximum atomic E-state index is 13.0. The van der Waals surface area contributed by atoms with Crippen LogP contribution in [0.1, 0.15) is 26.2 Å². The van der Waals surface area contributed by atoms with E-state index in [0.29, 0.717) is 55.9 Å². The summed E-state index contributed by atoms with van der Waals surface area (Å²) in [6.07, 6.45) is 4.31. The fourth-order valence-corrected chi connectivity index (χ4v) is 5.07. The minimum absolute atomic E-state index is 0.0750. The monoisotopic (exact) mass is 428 g/mol. The number of thioether (sulfide) groups is 1. The van der Waals surface area contributed by atoms with Crippen molar-refractivity contribution in [2.24, 2.45) is 5.92 Å². The Balaban J connectivity index is 1.76. The number of piperidine rings is 1. The van der Waals surface area contributed by atoms with Crippen LogP contribution in [0.15, 0.2) is 23.1 Å². The first-order valence-electron chi connectivity index (χ1n) is 9.60. The van der Waals surface area contributed by atoms with E-state index in [9.17, 15) is 13.2 Å². The lowest BCUT2D eigenvalue weighted by Gasteiger charge is -2.33. The third-order valence-electron chi connectivity index (χ3n) is 5.13. The van der Waals surface area contributed by atoms with Crippen LogP contribution in [0.5, 0.6) is 11.5 Å². The molecule has 1 aromatic rings. The summed E-state index contributed by atoms with van der Waals surface area (Å²) in [5.74, 6) is 2.10. The first-order valence-corrected chi connectivity index (χ1v) is 12.5. The molecule has 7 nitrogen and oxygen atoms in total. The summed E-state index contributed by atoms with van der Waals surface area (Å²) >= 11 is 1.59. The molecule has 3 rings (SSSR count). The zero-order valence-corrected chi connectivity index (χ0v) is 18.0. The van der Waals surface area contributed by atoms with E-state index in [4.69, 9.17) is 9.47 Å². The Labute approximate surface area is 171 Å². The standard InChI is InChI=1S/C19H28N2O5S2/c1-14-5-8-21(9-6-14)19(22)16(7-12-27-2)20-28(23,24)15-3-4-17-18(13-15)26-11-10-25-17/h3-4,13-14,16,20H,5-12H2,1-2H3. The van der Waals surface area contributed by atoms with Gasteiger partial charge in [0.25, 0.3) is 0 Å². The van der Waals surface area contributed by atoms with Crippen LogP contribution >= 0.6 is 11.8 Å². The van der Waals surface area contributed by atoms with Gasteiger partial charge in [0.15, 0.2) is 11.5 Å². The Kier molecular flexibility index (Phi) is 7.11. The Morgan fingerprint density at radius 2 is 1.93 bits per heavy atom. The second-order valence-corrected chi connectivity index (χ2v) is 9.97. The molecule has 1 atom stereocenters. The number of fused-ring (bicyclic) bond motifs is 1. The molecule has 2 aliphatic heterocycles. The number of likely N-dealkylation sites (tertiary alicyclic amines) is 1. The van der Waals surface area contributed by atoms with Crippen LogP contribution in [-0.2, 0) is 14.8 Å². The van der Waals surface area contributed by atoms with Crippen molar-refractivity contribution in [1.82, 2.24) is 9.62 Å². The van der Waals surface area contributed by atoms with E-state index in [-0.39, 0.29) is 10.8 Å². The van der Waals surface area contributed by atoms with Gasteiger partial charge in [-0.2, -0.15) is 16.5 Å². The predicted octanol–water partition coefficient (Wildman–Crippen LogP) is 2.12. The van der Waals surface area contributed by atoms with Gasteiger partial charge in [-0.3, -0.25) is 4.79 Å². The summed E-state index contributed by atoms with van der Waals surface area (Å²) in [5, 5.41) is 0. The summed E-state index contributed by atoms with van der Waals surface area (Å²) in [6, 6.07) is 3.76. The molecule has 0 aromatic heterocycles. The number of ether oxygens (including phenoxy) is 2. The fraction of sp³-hybridized carbons (Fsp3) is 0.632. The molecule has 9 heteroatoms. The number of nitrogens with one attached hydrogen (secondary N) is 1. The van der Waals surface area contributed by atoms with Crippen molar-refractivity contribution in [2.75, 3.05) is 38.3 Å². The van der Waals surface area contributed by atoms with Crippen molar-refractivity contribution in [1.29, 1.82) is 0 Å². The number of hydrogen-bond acceptors (Lipinski definition) is 6. The molecule has 0 bridgehead atoms. The van der Waals surface area contributed by atoms with Gasteiger partial charge >= 0.3 is 0 Å². The van der Waals surface area contributed by atoms with Crippen molar-refractivity contribution >= 4 is 27.7 Å². The maximum absolute atomic E-state index is 13.0. The van der Waals surface area contributed by atoms with E-state index in [1.807, 2.05) is 6.26 Å². The molecule has 0 aliphatic carbocycles. The van der Waals surface area contributed by atoms with Gasteiger partial charge in [0.1, 0.15) is 19.3 Å². The summed E-state index contributed by atoms with van der Waals surface area (Å²) in [6.45, 7) is 4.36. The topological polar surface area (TPSA) is 84.9 Å². The van der Waals surface area contributed by atoms with Crippen LogP contribution in [0.4, 0.5) is 0 Å². The zero-order chi connectivity index (χ0) is 20.1. The predicted molar refractivity (Wildman–Crippen MR) is 110 cm³/mol. The first kappa shape index (κ1) is 21.3. The van der Waals surface area contributed by atoms with Gasteiger partial charge in [0, 0.05) is 19.2 Å². The number of carbonyl (C=O) groups excluding carboxylic acids is 1. The van der Waals surface area contributed by atoms with Gasteiger partial charge < -0.3 is 14.4 Å². The number of rotatable bonds is 7. The van der Waals surface area contributed by atoms with E-state index in [1.165, 1.54) is 12.1 Å². The quantitative estimate of drug-likeness (QED) is 0.716. The number of benzene rings is 1. The van der Waals surface area contributed by atoms with Crippen LogP contribution < -0.4 is 14.2 Å². The number of hydrogen-bond donors (Lipinski definition) is 1. The van der Waals surface area contributed by atoms with E-state index >= 15 is 0 Å². The first-order chi connectivity index (χ1) is 13.4. The van der Waals surface area contributed by atoms with Gasteiger partial charge in [-0.1, -0.05) is 6.92 Å². The molecule has 1 amide bonds. The smallest absolute Gasteiger partial charge is 0.241 e. The molecule has 1 aromatic carbocycles. The molecule has 0 saturated carbocycles. The highest BCUT2D eigenvalue weighted by molar-refractivity contribution is 7.98. The molecule has 0 spiro atoms. The molecule has 1 unspecified atom stereocenters. The van der Waals surface area contributed by atoms with Gasteiger partial charge in [-0.15, -0.1) is 0 Å². The summed E-state index contributed by atoms with van der Waals surface area (Å²) < 4.78 is 39.5. The molecule has 1 N–H and O–H groups in total. The van der Waals surface area contributed by atoms with Gasteiger partial charge in [-0.05, 0) is 49.3 Å². The second-order valence-electron chi connectivity index (χ2n) is 7.27.